The highest BCUT2D eigenvalue weighted by molar-refractivity contribution is 7.98. The van der Waals surface area contributed by atoms with Crippen LogP contribution in [0, 0.1) is 5.92 Å². The van der Waals surface area contributed by atoms with E-state index in [9.17, 15) is 4.21 Å². The van der Waals surface area contributed by atoms with Gasteiger partial charge in [0.2, 0.25) is 0 Å². The SMILES string of the molecule is CSc1ccc(S(=O)Nc2c(Cl)cccc2N2CCC(C)CC2)cn1. The lowest BCUT2D eigenvalue weighted by molar-refractivity contribution is 0.439. The number of nitrogens with zero attached hydrogens (tertiary/aromatic N) is 2. The van der Waals surface area contributed by atoms with Gasteiger partial charge in [0.1, 0.15) is 0 Å². The quantitative estimate of drug-likeness (QED) is 0.736. The minimum Gasteiger partial charge on any atom is -0.370 e. The minimum absolute atomic E-state index is 0.582. The van der Waals surface area contributed by atoms with Gasteiger partial charge in [0, 0.05) is 19.3 Å². The van der Waals surface area contributed by atoms with E-state index in [4.69, 9.17) is 11.6 Å². The standard InChI is InChI=1S/C18H22ClN3OS2/c1-13-8-10-22(11-9-13)16-5-3-4-15(19)18(16)21-25(23)14-6-7-17(24-2)20-12-14/h3-7,12-13,21H,8-11H2,1-2H3. The number of pyridine rings is 1. The fourth-order valence-electron chi connectivity index (χ4n) is 2.88. The summed E-state index contributed by atoms with van der Waals surface area (Å²) in [6, 6.07) is 9.52. The molecule has 1 N–H and O–H groups in total. The summed E-state index contributed by atoms with van der Waals surface area (Å²) in [5, 5.41) is 1.49. The second-order valence-corrected chi connectivity index (χ2v) is 8.66. The van der Waals surface area contributed by atoms with Crippen LogP contribution in [0.5, 0.6) is 0 Å². The van der Waals surface area contributed by atoms with Crippen LogP contribution < -0.4 is 9.62 Å². The highest BCUT2D eigenvalue weighted by Crippen LogP contribution is 2.36. The maximum atomic E-state index is 12.7. The molecular weight excluding hydrogens is 374 g/mol. The first kappa shape index (κ1) is 18.5. The molecule has 0 spiro atoms. The largest absolute Gasteiger partial charge is 0.370 e. The average Bonchev–Trinajstić information content (AvgIpc) is 2.64. The van der Waals surface area contributed by atoms with Crippen LogP contribution in [-0.2, 0) is 11.0 Å². The van der Waals surface area contributed by atoms with Gasteiger partial charge in [-0.05, 0) is 49.3 Å². The molecule has 7 heteroatoms. The maximum Gasteiger partial charge on any atom is 0.151 e. The van der Waals surface area contributed by atoms with Crippen LogP contribution in [0.3, 0.4) is 0 Å². The third-order valence-electron chi connectivity index (χ3n) is 4.44. The maximum absolute atomic E-state index is 12.7. The zero-order chi connectivity index (χ0) is 17.8. The molecule has 2 aromatic rings. The van der Waals surface area contributed by atoms with Crippen molar-refractivity contribution in [2.45, 2.75) is 29.7 Å². The van der Waals surface area contributed by atoms with Crippen LogP contribution in [0.15, 0.2) is 46.5 Å². The lowest BCUT2D eigenvalue weighted by Gasteiger charge is -2.33. The molecule has 1 aliphatic heterocycles. The molecular formula is C18H22ClN3OS2. The van der Waals surface area contributed by atoms with Crippen LogP contribution in [0.4, 0.5) is 11.4 Å². The number of nitrogens with one attached hydrogen (secondary N) is 1. The van der Waals surface area contributed by atoms with E-state index in [-0.39, 0.29) is 0 Å². The Morgan fingerprint density at radius 3 is 2.68 bits per heavy atom. The van der Waals surface area contributed by atoms with Crippen molar-refractivity contribution in [2.75, 3.05) is 29.0 Å². The van der Waals surface area contributed by atoms with Crippen molar-refractivity contribution in [1.29, 1.82) is 0 Å². The summed E-state index contributed by atoms with van der Waals surface area (Å²) in [7, 11) is -1.41. The molecule has 1 saturated heterocycles. The van der Waals surface area contributed by atoms with Gasteiger partial charge in [-0.2, -0.15) is 0 Å². The predicted molar refractivity (Wildman–Crippen MR) is 108 cm³/mol. The summed E-state index contributed by atoms with van der Waals surface area (Å²) in [4.78, 5) is 7.24. The lowest BCUT2D eigenvalue weighted by atomic mass is 9.98. The van der Waals surface area contributed by atoms with E-state index >= 15 is 0 Å². The molecule has 0 bridgehead atoms. The number of rotatable bonds is 5. The van der Waals surface area contributed by atoms with Crippen molar-refractivity contribution in [3.05, 3.63) is 41.6 Å². The fourth-order valence-corrected chi connectivity index (χ4v) is 4.37. The second-order valence-electron chi connectivity index (χ2n) is 6.21. The van der Waals surface area contributed by atoms with Crippen LogP contribution in [-0.4, -0.2) is 28.5 Å². The molecule has 0 radical (unpaired) electrons. The molecule has 1 fully saturated rings. The zero-order valence-electron chi connectivity index (χ0n) is 14.4. The Bertz CT molecular complexity index is 746. The van der Waals surface area contributed by atoms with Crippen LogP contribution >= 0.6 is 23.4 Å². The highest BCUT2D eigenvalue weighted by atomic mass is 35.5. The number of aromatic nitrogens is 1. The molecule has 134 valence electrons. The molecule has 1 unspecified atom stereocenters. The summed E-state index contributed by atoms with van der Waals surface area (Å²) in [6.07, 6.45) is 5.94. The summed E-state index contributed by atoms with van der Waals surface area (Å²) in [6.45, 7) is 4.27. The summed E-state index contributed by atoms with van der Waals surface area (Å²) < 4.78 is 15.8. The summed E-state index contributed by atoms with van der Waals surface area (Å²) >= 11 is 7.97. The van der Waals surface area contributed by atoms with E-state index < -0.39 is 11.0 Å². The number of piperidine rings is 1. The van der Waals surface area contributed by atoms with Gasteiger partial charge in [-0.15, -0.1) is 11.8 Å². The van der Waals surface area contributed by atoms with Gasteiger partial charge in [0.25, 0.3) is 0 Å². The smallest absolute Gasteiger partial charge is 0.151 e. The zero-order valence-corrected chi connectivity index (χ0v) is 16.8. The van der Waals surface area contributed by atoms with Crippen LogP contribution in [0.2, 0.25) is 5.02 Å². The Hall–Kier alpha value is -1.24. The number of hydrogen-bond donors (Lipinski definition) is 1. The van der Waals surface area contributed by atoms with Gasteiger partial charge in [-0.3, -0.25) is 4.72 Å². The Morgan fingerprint density at radius 2 is 2.04 bits per heavy atom. The number of para-hydroxylation sites is 1. The fraction of sp³-hybridized carbons (Fsp3) is 0.389. The van der Waals surface area contributed by atoms with Gasteiger partial charge in [-0.25, -0.2) is 9.19 Å². The Kier molecular flexibility index (Phi) is 6.25. The van der Waals surface area contributed by atoms with E-state index in [2.05, 4.69) is 21.5 Å². The first-order chi connectivity index (χ1) is 12.1. The normalized spacial score (nSPS) is 16.7. The van der Waals surface area contributed by atoms with Crippen molar-refractivity contribution in [2.24, 2.45) is 5.92 Å². The molecule has 2 heterocycles. The first-order valence-electron chi connectivity index (χ1n) is 8.30. The Balaban J connectivity index is 1.82. The number of benzene rings is 1. The van der Waals surface area contributed by atoms with E-state index in [0.29, 0.717) is 9.92 Å². The van der Waals surface area contributed by atoms with Crippen molar-refractivity contribution in [3.8, 4) is 0 Å². The van der Waals surface area contributed by atoms with E-state index in [1.165, 1.54) is 0 Å². The van der Waals surface area contributed by atoms with E-state index in [1.54, 1.807) is 18.0 Å². The minimum atomic E-state index is -1.41. The summed E-state index contributed by atoms with van der Waals surface area (Å²) in [5.41, 5.74) is 1.74. The molecule has 1 aliphatic rings. The molecule has 1 atom stereocenters. The second kappa shape index (κ2) is 8.43. The van der Waals surface area contributed by atoms with Crippen molar-refractivity contribution < 1.29 is 4.21 Å². The number of hydrogen-bond acceptors (Lipinski definition) is 4. The van der Waals surface area contributed by atoms with Crippen molar-refractivity contribution in [1.82, 2.24) is 4.98 Å². The predicted octanol–water partition coefficient (Wildman–Crippen LogP) is 4.83. The van der Waals surface area contributed by atoms with E-state index in [0.717, 1.165) is 48.2 Å². The lowest BCUT2D eigenvalue weighted by Crippen LogP contribution is -2.33. The molecule has 1 aromatic heterocycles. The van der Waals surface area contributed by atoms with Crippen molar-refractivity contribution in [3.63, 3.8) is 0 Å². The number of halogens is 1. The Labute approximate surface area is 161 Å². The van der Waals surface area contributed by atoms with Crippen LogP contribution in [0.25, 0.3) is 0 Å². The molecule has 25 heavy (non-hydrogen) atoms. The van der Waals surface area contributed by atoms with Crippen LogP contribution in [0.1, 0.15) is 19.8 Å². The summed E-state index contributed by atoms with van der Waals surface area (Å²) in [5.74, 6) is 0.752. The molecule has 3 rings (SSSR count). The average molecular weight is 396 g/mol. The molecule has 1 aromatic carbocycles. The van der Waals surface area contributed by atoms with Gasteiger partial charge in [-0.1, -0.05) is 24.6 Å². The monoisotopic (exact) mass is 395 g/mol. The molecule has 0 amide bonds. The third kappa shape index (κ3) is 4.49. The first-order valence-corrected chi connectivity index (χ1v) is 11.1. The third-order valence-corrected chi connectivity index (χ3v) is 6.48. The highest BCUT2D eigenvalue weighted by Gasteiger charge is 2.20. The molecule has 0 aliphatic carbocycles. The van der Waals surface area contributed by atoms with Gasteiger partial charge >= 0.3 is 0 Å². The number of thioether (sulfide) groups is 1. The topological polar surface area (TPSA) is 45.2 Å². The van der Waals surface area contributed by atoms with Crippen molar-refractivity contribution >= 4 is 45.7 Å². The molecule has 4 nitrogen and oxygen atoms in total. The number of anilines is 2. The molecule has 0 saturated carbocycles. The van der Waals surface area contributed by atoms with Gasteiger partial charge in [0.05, 0.1) is 26.3 Å². The van der Waals surface area contributed by atoms with Gasteiger partial charge < -0.3 is 4.90 Å². The van der Waals surface area contributed by atoms with E-state index in [1.807, 2.05) is 36.6 Å². The van der Waals surface area contributed by atoms with Gasteiger partial charge in [0.15, 0.2) is 11.0 Å². The Morgan fingerprint density at radius 1 is 1.28 bits per heavy atom.